The number of carboxylic acid groups (broad SMARTS) is 1. The average Bonchev–Trinajstić information content (AvgIpc) is 3.88. The summed E-state index contributed by atoms with van der Waals surface area (Å²) in [5, 5.41) is 43.2. The van der Waals surface area contributed by atoms with Crippen LogP contribution in [0.3, 0.4) is 0 Å². The highest BCUT2D eigenvalue weighted by atomic mass is 16.4. The van der Waals surface area contributed by atoms with Gasteiger partial charge in [0.1, 0.15) is 42.0 Å². The highest BCUT2D eigenvalue weighted by Crippen LogP contribution is 2.20. The molecule has 0 aliphatic heterocycles. The topological polar surface area (TPSA) is 358 Å². The van der Waals surface area contributed by atoms with Gasteiger partial charge in [-0.05, 0) is 56.0 Å². The fraction of sp³-hybridized carbons (Fsp3) is 0.385. The number of aromatic amines is 2. The van der Waals surface area contributed by atoms with Crippen molar-refractivity contribution in [2.75, 3.05) is 6.54 Å². The molecule has 0 saturated heterocycles. The number of nitrogens with one attached hydrogen (secondary N) is 7. The number of benzene rings is 2. The summed E-state index contributed by atoms with van der Waals surface area (Å²) in [6, 6.07) is 5.06. The Bertz CT molecular complexity index is 2120. The van der Waals surface area contributed by atoms with Crippen LogP contribution in [0.25, 0.3) is 10.9 Å². The largest absolute Gasteiger partial charge is 0.508 e. The van der Waals surface area contributed by atoms with Gasteiger partial charge < -0.3 is 69.1 Å². The van der Waals surface area contributed by atoms with Crippen molar-refractivity contribution < 1.29 is 44.1 Å². The number of hydrogen-bond donors (Lipinski definition) is 13. The number of aliphatic imine (C=N–C) groups is 1. The zero-order valence-electron chi connectivity index (χ0n) is 33.1. The van der Waals surface area contributed by atoms with Crippen molar-refractivity contribution in [2.45, 2.75) is 88.3 Å². The van der Waals surface area contributed by atoms with Crippen molar-refractivity contribution in [3.8, 4) is 5.75 Å². The molecule has 7 atom stereocenters. The van der Waals surface area contributed by atoms with E-state index in [1.807, 2.05) is 18.2 Å². The van der Waals surface area contributed by atoms with Crippen LogP contribution in [0.5, 0.6) is 5.75 Å². The predicted octanol–water partition coefficient (Wildman–Crippen LogP) is -2.09. The number of carboxylic acids is 1. The van der Waals surface area contributed by atoms with E-state index in [9.17, 15) is 44.1 Å². The Labute approximate surface area is 344 Å². The third-order valence-electron chi connectivity index (χ3n) is 9.49. The molecule has 0 fully saturated rings. The van der Waals surface area contributed by atoms with E-state index in [0.717, 1.165) is 10.9 Å². The number of carbonyl (C=O) groups excluding carboxylic acids is 5. The monoisotopic (exact) mass is 832 g/mol. The summed E-state index contributed by atoms with van der Waals surface area (Å²) in [4.78, 5) is 94.2. The lowest BCUT2D eigenvalue weighted by Crippen LogP contribution is -2.60. The second-order valence-corrected chi connectivity index (χ2v) is 14.2. The highest BCUT2D eigenvalue weighted by Gasteiger charge is 2.33. The average molecular weight is 833 g/mol. The van der Waals surface area contributed by atoms with Gasteiger partial charge >= 0.3 is 5.97 Å². The Morgan fingerprint density at radius 1 is 0.767 bits per heavy atom. The molecule has 2 aromatic heterocycles. The third kappa shape index (κ3) is 13.6. The van der Waals surface area contributed by atoms with Crippen LogP contribution in [0.15, 0.2) is 72.2 Å². The second-order valence-electron chi connectivity index (χ2n) is 14.2. The van der Waals surface area contributed by atoms with Crippen molar-refractivity contribution in [3.05, 3.63) is 84.1 Å². The Balaban J connectivity index is 1.63. The Morgan fingerprint density at radius 2 is 1.38 bits per heavy atom. The van der Waals surface area contributed by atoms with Gasteiger partial charge in [0.15, 0.2) is 5.96 Å². The van der Waals surface area contributed by atoms with E-state index in [1.165, 1.54) is 50.6 Å². The quantitative estimate of drug-likeness (QED) is 0.0230. The van der Waals surface area contributed by atoms with Crippen LogP contribution >= 0.6 is 0 Å². The van der Waals surface area contributed by atoms with Crippen LogP contribution in [0, 0.1) is 0 Å². The Hall–Kier alpha value is -7.00. The minimum Gasteiger partial charge on any atom is -0.508 e. The number of aliphatic hydroxyl groups excluding tert-OH is 1. The summed E-state index contributed by atoms with van der Waals surface area (Å²) in [5.41, 5.74) is 18.9. The summed E-state index contributed by atoms with van der Waals surface area (Å²) < 4.78 is 0. The third-order valence-corrected chi connectivity index (χ3v) is 9.49. The number of imidazole rings is 1. The molecule has 0 radical (unpaired) electrons. The van der Waals surface area contributed by atoms with Crippen molar-refractivity contribution >= 4 is 52.4 Å². The van der Waals surface area contributed by atoms with Gasteiger partial charge in [-0.1, -0.05) is 30.3 Å². The van der Waals surface area contributed by atoms with Crippen LogP contribution < -0.4 is 43.8 Å². The number of guanidine groups is 1. The standard InChI is InChI=1S/C39H52N12O9/c1-20(47-37(58)32(40)21(2)52)33(54)48-28(8-5-13-44-39(41)42)34(55)49-29(14-22-9-11-25(53)12-10-22)35(56)50-30(15-23-17-45-27-7-4-3-6-26(23)27)36(57)51-31(38(59)60)16-24-18-43-19-46-24/h3-4,6-7,9-12,17-21,28-32,45,52-53H,5,8,13-16,40H2,1-2H3,(H,43,46)(H,47,58)(H,48,54)(H,49,55)(H,50,56)(H,51,57)(H,59,60)(H4,41,42,44)/t20-,21?,28-,29-,30-,31-,32-/m1/s1. The van der Waals surface area contributed by atoms with Crippen molar-refractivity contribution in [3.63, 3.8) is 0 Å². The number of carbonyl (C=O) groups is 6. The van der Waals surface area contributed by atoms with Gasteiger partial charge in [-0.15, -0.1) is 0 Å². The first-order valence-corrected chi connectivity index (χ1v) is 19.1. The normalized spacial score (nSPS) is 14.6. The molecule has 16 N–H and O–H groups in total. The molecule has 4 rings (SSSR count). The van der Waals surface area contributed by atoms with Crippen molar-refractivity contribution in [2.24, 2.45) is 22.2 Å². The number of aromatic nitrogens is 3. The van der Waals surface area contributed by atoms with Crippen LogP contribution in [0.4, 0.5) is 0 Å². The summed E-state index contributed by atoms with van der Waals surface area (Å²) in [6.07, 6.45) is 3.02. The van der Waals surface area contributed by atoms with Gasteiger partial charge in [-0.25, -0.2) is 9.78 Å². The van der Waals surface area contributed by atoms with Gasteiger partial charge in [0.2, 0.25) is 29.5 Å². The molecule has 4 aromatic rings. The van der Waals surface area contributed by atoms with Gasteiger partial charge in [0.25, 0.3) is 0 Å². The summed E-state index contributed by atoms with van der Waals surface area (Å²) >= 11 is 0. The Morgan fingerprint density at radius 3 is 2.00 bits per heavy atom. The molecule has 21 heteroatoms. The number of rotatable bonds is 22. The summed E-state index contributed by atoms with van der Waals surface area (Å²) in [5.74, 6) is -5.67. The Kier molecular flexibility index (Phi) is 16.5. The molecule has 60 heavy (non-hydrogen) atoms. The molecule has 0 saturated carbocycles. The number of para-hydroxylation sites is 1. The first-order valence-electron chi connectivity index (χ1n) is 19.1. The van der Waals surface area contributed by atoms with Gasteiger partial charge in [-0.3, -0.25) is 29.0 Å². The van der Waals surface area contributed by atoms with Gasteiger partial charge in [0, 0.05) is 54.8 Å². The SMILES string of the molecule is CC(O)[C@@H](N)C(=O)N[C@H](C)C(=O)N[C@H](CCCN=C(N)N)C(=O)N[C@H](Cc1ccc(O)cc1)C(=O)N[C@H](Cc1c[nH]c2ccccc12)C(=O)N[C@H](Cc1cnc[nH]1)C(=O)O. The van der Waals surface area contributed by atoms with Crippen LogP contribution in [0.1, 0.15) is 43.5 Å². The lowest BCUT2D eigenvalue weighted by molar-refractivity contribution is -0.142. The van der Waals surface area contributed by atoms with Crippen LogP contribution in [-0.4, -0.2) is 121 Å². The highest BCUT2D eigenvalue weighted by molar-refractivity contribution is 5.97. The number of aromatic hydroxyl groups is 1. The molecule has 0 aliphatic rings. The molecule has 0 aliphatic carbocycles. The number of aliphatic hydroxyl groups is 1. The van der Waals surface area contributed by atoms with E-state index < -0.39 is 77.9 Å². The molecule has 21 nitrogen and oxygen atoms in total. The van der Waals surface area contributed by atoms with E-state index >= 15 is 0 Å². The number of amides is 5. The van der Waals surface area contributed by atoms with E-state index in [0.29, 0.717) is 16.8 Å². The first kappa shape index (κ1) is 45.7. The van der Waals surface area contributed by atoms with Gasteiger partial charge in [0.05, 0.1) is 12.4 Å². The number of hydrogen-bond acceptors (Lipinski definition) is 11. The zero-order chi connectivity index (χ0) is 43.9. The molecule has 0 spiro atoms. The maximum Gasteiger partial charge on any atom is 0.326 e. The maximum atomic E-state index is 14.4. The zero-order valence-corrected chi connectivity index (χ0v) is 33.1. The van der Waals surface area contributed by atoms with Crippen molar-refractivity contribution in [1.29, 1.82) is 0 Å². The van der Waals surface area contributed by atoms with E-state index in [4.69, 9.17) is 17.2 Å². The lowest BCUT2D eigenvalue weighted by atomic mass is 10.0. The molecular formula is C39H52N12O9. The first-order chi connectivity index (χ1) is 28.5. The van der Waals surface area contributed by atoms with E-state index in [-0.39, 0.29) is 50.4 Å². The molecule has 1 unspecified atom stereocenters. The van der Waals surface area contributed by atoms with Crippen LogP contribution in [-0.2, 0) is 48.0 Å². The fourth-order valence-electron chi connectivity index (χ4n) is 6.10. The molecule has 2 heterocycles. The smallest absolute Gasteiger partial charge is 0.326 e. The predicted molar refractivity (Wildman–Crippen MR) is 219 cm³/mol. The number of phenols is 1. The number of nitrogens with two attached hydrogens (primary N) is 3. The maximum absolute atomic E-state index is 14.4. The van der Waals surface area contributed by atoms with Crippen LogP contribution in [0.2, 0.25) is 0 Å². The summed E-state index contributed by atoms with van der Waals surface area (Å²) in [6.45, 7) is 2.74. The number of aliphatic carboxylic acids is 1. The summed E-state index contributed by atoms with van der Waals surface area (Å²) in [7, 11) is 0. The minimum atomic E-state index is -1.41. The second kappa shape index (κ2) is 21.7. The van der Waals surface area contributed by atoms with E-state index in [1.54, 1.807) is 12.3 Å². The number of phenolic OH excluding ortho intramolecular Hbond substituents is 1. The molecular weight excluding hydrogens is 781 g/mol. The number of fused-ring (bicyclic) bond motifs is 1. The number of nitrogens with zero attached hydrogens (tertiary/aromatic N) is 2. The van der Waals surface area contributed by atoms with Gasteiger partial charge in [-0.2, -0.15) is 0 Å². The molecule has 5 amide bonds. The molecule has 322 valence electrons. The fourth-order valence-corrected chi connectivity index (χ4v) is 6.10. The molecule has 0 bridgehead atoms. The lowest BCUT2D eigenvalue weighted by Gasteiger charge is -2.27. The minimum absolute atomic E-state index is 0.0335. The molecule has 2 aromatic carbocycles. The van der Waals surface area contributed by atoms with E-state index in [2.05, 4.69) is 46.5 Å². The number of H-pyrrole nitrogens is 2. The van der Waals surface area contributed by atoms with Crippen molar-refractivity contribution in [1.82, 2.24) is 41.5 Å².